The van der Waals surface area contributed by atoms with Crippen molar-refractivity contribution in [2.75, 3.05) is 11.9 Å². The lowest BCUT2D eigenvalue weighted by atomic mass is 10.2. The van der Waals surface area contributed by atoms with Crippen LogP contribution in [0.1, 0.15) is 19.7 Å². The van der Waals surface area contributed by atoms with Gasteiger partial charge in [0.2, 0.25) is 0 Å². The zero-order valence-electron chi connectivity index (χ0n) is 12.5. The Labute approximate surface area is 135 Å². The maximum absolute atomic E-state index is 11.8. The smallest absolute Gasteiger partial charge is 0.253 e. The molecule has 0 spiro atoms. The zero-order valence-corrected chi connectivity index (χ0v) is 13.3. The van der Waals surface area contributed by atoms with Crippen LogP contribution in [0, 0.1) is 0 Å². The highest BCUT2D eigenvalue weighted by Crippen LogP contribution is 2.18. The Bertz CT molecular complexity index is 600. The lowest BCUT2D eigenvalue weighted by molar-refractivity contribution is -0.126. The summed E-state index contributed by atoms with van der Waals surface area (Å²) < 4.78 is 5.24. The molecule has 2 aromatic rings. The number of halogens is 1. The highest BCUT2D eigenvalue weighted by molar-refractivity contribution is 5.94. The molecule has 4 N–H and O–H groups in total. The van der Waals surface area contributed by atoms with E-state index in [0.29, 0.717) is 30.5 Å². The van der Waals surface area contributed by atoms with Gasteiger partial charge in [0.25, 0.3) is 5.91 Å². The van der Waals surface area contributed by atoms with E-state index in [-0.39, 0.29) is 18.3 Å². The summed E-state index contributed by atoms with van der Waals surface area (Å²) in [5.41, 5.74) is 7.03. The number of anilines is 1. The molecule has 120 valence electrons. The lowest BCUT2D eigenvalue weighted by Crippen LogP contribution is -2.27. The number of ether oxygens (including phenoxy) is 1. The van der Waals surface area contributed by atoms with Gasteiger partial charge < -0.3 is 15.8 Å². The quantitative estimate of drug-likeness (QED) is 0.749. The number of rotatable bonds is 6. The summed E-state index contributed by atoms with van der Waals surface area (Å²) in [4.78, 5) is 16.1. The molecule has 1 aromatic heterocycles. The summed E-state index contributed by atoms with van der Waals surface area (Å²) in [7, 11) is 0. The number of amides is 1. The van der Waals surface area contributed by atoms with Crippen LogP contribution >= 0.6 is 12.4 Å². The predicted octanol–water partition coefficient (Wildman–Crippen LogP) is 1.72. The second kappa shape index (κ2) is 8.47. The molecule has 0 fully saturated rings. The minimum atomic E-state index is -0.477. The van der Waals surface area contributed by atoms with E-state index in [0.717, 1.165) is 5.56 Å². The molecule has 0 aliphatic heterocycles. The number of hydrogen-bond donors (Lipinski definition) is 3. The Hall–Kier alpha value is -1.96. The average Bonchev–Trinajstić information content (AvgIpc) is 2.97. The van der Waals surface area contributed by atoms with Crippen LogP contribution < -0.4 is 11.1 Å². The average molecular weight is 326 g/mol. The number of nitrogens with zero attached hydrogens (tertiary/aromatic N) is 2. The van der Waals surface area contributed by atoms with E-state index in [1.54, 1.807) is 19.1 Å². The molecule has 8 heteroatoms. The van der Waals surface area contributed by atoms with Crippen LogP contribution in [0.5, 0.6) is 0 Å². The maximum Gasteiger partial charge on any atom is 0.253 e. The molecule has 2 rings (SSSR count). The first kappa shape index (κ1) is 18.1. The molecular formula is C14H20ClN5O2. The topological polar surface area (TPSA) is 106 Å². The van der Waals surface area contributed by atoms with Crippen LogP contribution in [-0.2, 0) is 16.1 Å². The number of aromatic nitrogens is 3. The molecule has 1 heterocycles. The molecular weight excluding hydrogens is 306 g/mol. The van der Waals surface area contributed by atoms with E-state index in [4.69, 9.17) is 10.5 Å². The first-order valence-electron chi connectivity index (χ1n) is 6.78. The van der Waals surface area contributed by atoms with Crippen molar-refractivity contribution in [1.29, 1.82) is 0 Å². The van der Waals surface area contributed by atoms with E-state index in [1.165, 1.54) is 0 Å². The van der Waals surface area contributed by atoms with Crippen LogP contribution in [0.4, 0.5) is 5.69 Å². The Morgan fingerprint density at radius 1 is 1.41 bits per heavy atom. The summed E-state index contributed by atoms with van der Waals surface area (Å²) in [6.07, 6.45) is -0.477. The molecule has 0 saturated carbocycles. The molecule has 1 aromatic carbocycles. The third-order valence-corrected chi connectivity index (χ3v) is 2.92. The molecule has 0 saturated heterocycles. The SMILES string of the molecule is CCOC(C)C(=O)Nc1ccc(-c2n[nH]c(CN)n2)cc1.Cl. The number of carbonyl (C=O) groups is 1. The zero-order chi connectivity index (χ0) is 15.2. The van der Waals surface area contributed by atoms with Gasteiger partial charge in [-0.3, -0.25) is 9.89 Å². The minimum absolute atomic E-state index is 0. The Balaban J connectivity index is 0.00000242. The van der Waals surface area contributed by atoms with Crippen LogP contribution in [-0.4, -0.2) is 33.8 Å². The van der Waals surface area contributed by atoms with Crippen molar-refractivity contribution < 1.29 is 9.53 Å². The fourth-order valence-electron chi connectivity index (χ4n) is 1.79. The number of benzene rings is 1. The van der Waals surface area contributed by atoms with Gasteiger partial charge in [0.1, 0.15) is 11.9 Å². The van der Waals surface area contributed by atoms with Crippen molar-refractivity contribution >= 4 is 24.0 Å². The van der Waals surface area contributed by atoms with Gasteiger partial charge in [-0.05, 0) is 38.1 Å². The van der Waals surface area contributed by atoms with E-state index < -0.39 is 6.10 Å². The Morgan fingerprint density at radius 3 is 2.64 bits per heavy atom. The second-order valence-electron chi connectivity index (χ2n) is 4.47. The predicted molar refractivity (Wildman–Crippen MR) is 86.7 cm³/mol. The van der Waals surface area contributed by atoms with Crippen LogP contribution in [0.2, 0.25) is 0 Å². The van der Waals surface area contributed by atoms with Crippen molar-refractivity contribution in [3.05, 3.63) is 30.1 Å². The van der Waals surface area contributed by atoms with E-state index >= 15 is 0 Å². The van der Waals surface area contributed by atoms with Gasteiger partial charge in [-0.15, -0.1) is 12.4 Å². The summed E-state index contributed by atoms with van der Waals surface area (Å²) in [5.74, 6) is 1.04. The highest BCUT2D eigenvalue weighted by atomic mass is 35.5. The van der Waals surface area contributed by atoms with Crippen LogP contribution in [0.3, 0.4) is 0 Å². The van der Waals surface area contributed by atoms with E-state index in [2.05, 4.69) is 20.5 Å². The Morgan fingerprint density at radius 2 is 2.09 bits per heavy atom. The molecule has 1 amide bonds. The van der Waals surface area contributed by atoms with E-state index in [9.17, 15) is 4.79 Å². The largest absolute Gasteiger partial charge is 0.369 e. The molecule has 0 aliphatic rings. The normalized spacial score (nSPS) is 11.6. The number of carbonyl (C=O) groups excluding carboxylic acids is 1. The van der Waals surface area contributed by atoms with Gasteiger partial charge in [-0.2, -0.15) is 5.10 Å². The van der Waals surface area contributed by atoms with Crippen molar-refractivity contribution in [3.8, 4) is 11.4 Å². The van der Waals surface area contributed by atoms with Crippen molar-refractivity contribution in [3.63, 3.8) is 0 Å². The maximum atomic E-state index is 11.8. The number of nitrogens with one attached hydrogen (secondary N) is 2. The summed E-state index contributed by atoms with van der Waals surface area (Å²) >= 11 is 0. The molecule has 0 aliphatic carbocycles. The van der Waals surface area contributed by atoms with Crippen molar-refractivity contribution in [1.82, 2.24) is 15.2 Å². The van der Waals surface area contributed by atoms with Crippen LogP contribution in [0.15, 0.2) is 24.3 Å². The number of H-pyrrole nitrogens is 1. The number of aromatic amines is 1. The third-order valence-electron chi connectivity index (χ3n) is 2.92. The van der Waals surface area contributed by atoms with Gasteiger partial charge in [-0.25, -0.2) is 4.98 Å². The summed E-state index contributed by atoms with van der Waals surface area (Å²) in [6.45, 7) is 4.39. The second-order valence-corrected chi connectivity index (χ2v) is 4.47. The number of hydrogen-bond acceptors (Lipinski definition) is 5. The summed E-state index contributed by atoms with van der Waals surface area (Å²) in [6, 6.07) is 7.27. The Kier molecular flexibility index (Phi) is 6.97. The van der Waals surface area contributed by atoms with Gasteiger partial charge in [-0.1, -0.05) is 0 Å². The fraction of sp³-hybridized carbons (Fsp3) is 0.357. The number of nitrogens with two attached hydrogens (primary N) is 1. The first-order valence-corrected chi connectivity index (χ1v) is 6.78. The third kappa shape index (κ3) is 4.52. The minimum Gasteiger partial charge on any atom is -0.369 e. The standard InChI is InChI=1S/C14H19N5O2.ClH/c1-3-21-9(2)14(20)16-11-6-4-10(5-7-11)13-17-12(8-15)18-19-13;/h4-7,9H,3,8,15H2,1-2H3,(H,16,20)(H,17,18,19);1H. The highest BCUT2D eigenvalue weighted by Gasteiger charge is 2.12. The molecule has 1 atom stereocenters. The fourth-order valence-corrected chi connectivity index (χ4v) is 1.79. The molecule has 0 radical (unpaired) electrons. The van der Waals surface area contributed by atoms with Gasteiger partial charge in [0.15, 0.2) is 5.82 Å². The molecule has 1 unspecified atom stereocenters. The van der Waals surface area contributed by atoms with Gasteiger partial charge >= 0.3 is 0 Å². The molecule has 7 nitrogen and oxygen atoms in total. The van der Waals surface area contributed by atoms with Crippen molar-refractivity contribution in [2.24, 2.45) is 5.73 Å². The monoisotopic (exact) mass is 325 g/mol. The van der Waals surface area contributed by atoms with Gasteiger partial charge in [0.05, 0.1) is 6.54 Å². The molecule has 22 heavy (non-hydrogen) atoms. The van der Waals surface area contributed by atoms with Crippen molar-refractivity contribution in [2.45, 2.75) is 26.5 Å². The lowest BCUT2D eigenvalue weighted by Gasteiger charge is -2.12. The first-order chi connectivity index (χ1) is 10.1. The molecule has 0 bridgehead atoms. The van der Waals surface area contributed by atoms with E-state index in [1.807, 2.05) is 19.1 Å². The van der Waals surface area contributed by atoms with Crippen LogP contribution in [0.25, 0.3) is 11.4 Å². The summed E-state index contributed by atoms with van der Waals surface area (Å²) in [5, 5.41) is 9.62. The van der Waals surface area contributed by atoms with Gasteiger partial charge in [0, 0.05) is 17.9 Å².